The molecule has 0 amide bonds. The van der Waals surface area contributed by atoms with Crippen LogP contribution in [0.25, 0.3) is 0 Å². The summed E-state index contributed by atoms with van der Waals surface area (Å²) in [4.78, 5) is 11.5. The van der Waals surface area contributed by atoms with Gasteiger partial charge in [0.25, 0.3) is 0 Å². The summed E-state index contributed by atoms with van der Waals surface area (Å²) in [5.74, 6) is -0.348. The van der Waals surface area contributed by atoms with Crippen LogP contribution in [0, 0.1) is 17.8 Å². The Hall–Kier alpha value is -1.66. The molecule has 0 aromatic rings. The quantitative estimate of drug-likeness (QED) is 0.139. The van der Waals surface area contributed by atoms with Crippen molar-refractivity contribution in [3.05, 3.63) is 24.3 Å². The molecule has 6 heteroatoms. The number of allylic oxidation sites excluding steroid dienone is 4. The van der Waals surface area contributed by atoms with Crippen LogP contribution in [0.2, 0.25) is 0 Å². The monoisotopic (exact) mass is 409 g/mol. The zero-order chi connectivity index (χ0) is 21.7. The molecule has 0 aliphatic heterocycles. The van der Waals surface area contributed by atoms with E-state index in [-0.39, 0.29) is 30.8 Å². The molecule has 166 valence electrons. The van der Waals surface area contributed by atoms with Crippen molar-refractivity contribution in [2.24, 2.45) is 22.9 Å². The average Bonchev–Trinajstić information content (AvgIpc) is 3.06. The zero-order valence-corrected chi connectivity index (χ0v) is 18.2. The van der Waals surface area contributed by atoms with E-state index in [1.54, 1.807) is 0 Å². The number of carbonyl (C=O) groups is 1. The Morgan fingerprint density at radius 2 is 2.00 bits per heavy atom. The molecule has 0 spiro atoms. The van der Waals surface area contributed by atoms with Gasteiger partial charge in [0.05, 0.1) is 12.8 Å². The van der Waals surface area contributed by atoms with E-state index in [0.29, 0.717) is 19.3 Å². The van der Waals surface area contributed by atoms with Gasteiger partial charge in [-0.1, -0.05) is 55.6 Å². The van der Waals surface area contributed by atoms with Crippen molar-refractivity contribution in [1.82, 2.24) is 0 Å². The minimum Gasteiger partial charge on any atom is -0.467 e. The number of oxime groups is 1. The predicted octanol–water partition coefficient (Wildman–Crippen LogP) is 4.24. The van der Waals surface area contributed by atoms with E-state index in [4.69, 9.17) is 0 Å². The first kappa shape index (κ1) is 25.4. The fourth-order valence-corrected chi connectivity index (χ4v) is 3.98. The lowest BCUT2D eigenvalue weighted by Gasteiger charge is -2.20. The molecule has 1 saturated carbocycles. The molecule has 3 N–H and O–H groups in total. The zero-order valence-electron chi connectivity index (χ0n) is 18.2. The number of carbonyl (C=O) groups excluding carboxylic acids is 1. The summed E-state index contributed by atoms with van der Waals surface area (Å²) in [6.07, 6.45) is 16.4. The van der Waals surface area contributed by atoms with Crippen molar-refractivity contribution in [2.75, 3.05) is 13.7 Å². The van der Waals surface area contributed by atoms with Crippen molar-refractivity contribution in [1.29, 1.82) is 0 Å². The molecule has 0 aromatic heterocycles. The van der Waals surface area contributed by atoms with Crippen molar-refractivity contribution in [2.45, 2.75) is 77.2 Å². The van der Waals surface area contributed by atoms with Crippen LogP contribution in [0.3, 0.4) is 0 Å². The number of methoxy groups -OCH3 is 1. The Morgan fingerprint density at radius 3 is 2.62 bits per heavy atom. The molecule has 4 atom stereocenters. The number of esters is 1. The SMILES string of the molecule is CCCCCC/C=C/[C@H]1[C@H](CO)CC(=NO)[C@@H]1C/C=C\CCC(C)(O)C(=O)OC. The highest BCUT2D eigenvalue weighted by Gasteiger charge is 2.38. The molecule has 1 aliphatic carbocycles. The number of hydrogen-bond donors (Lipinski definition) is 3. The van der Waals surface area contributed by atoms with Gasteiger partial charge in [0.2, 0.25) is 0 Å². The number of ether oxygens (including phenoxy) is 1. The van der Waals surface area contributed by atoms with E-state index in [9.17, 15) is 20.2 Å². The van der Waals surface area contributed by atoms with Crippen molar-refractivity contribution < 1.29 is 25.0 Å². The Labute approximate surface area is 175 Å². The smallest absolute Gasteiger partial charge is 0.337 e. The summed E-state index contributed by atoms with van der Waals surface area (Å²) in [5, 5.41) is 32.7. The fourth-order valence-electron chi connectivity index (χ4n) is 3.98. The van der Waals surface area contributed by atoms with E-state index in [1.807, 2.05) is 12.2 Å². The molecule has 0 saturated heterocycles. The van der Waals surface area contributed by atoms with Crippen LogP contribution < -0.4 is 0 Å². The average molecular weight is 410 g/mol. The molecule has 6 nitrogen and oxygen atoms in total. The molecular weight excluding hydrogens is 370 g/mol. The lowest BCUT2D eigenvalue weighted by molar-refractivity contribution is -0.160. The minimum absolute atomic E-state index is 0.0569. The lowest BCUT2D eigenvalue weighted by atomic mass is 9.86. The molecule has 0 radical (unpaired) electrons. The van der Waals surface area contributed by atoms with Crippen LogP contribution in [0.5, 0.6) is 0 Å². The number of unbranched alkanes of at least 4 members (excludes halogenated alkanes) is 4. The Kier molecular flexibility index (Phi) is 11.9. The van der Waals surface area contributed by atoms with Crippen molar-refractivity contribution in [3.63, 3.8) is 0 Å². The first-order valence-electron chi connectivity index (χ1n) is 10.8. The van der Waals surface area contributed by atoms with Gasteiger partial charge in [-0.25, -0.2) is 4.79 Å². The normalized spacial score (nSPS) is 25.8. The van der Waals surface area contributed by atoms with E-state index in [1.165, 1.54) is 39.7 Å². The second kappa shape index (κ2) is 13.5. The molecular formula is C23H39NO5. The van der Waals surface area contributed by atoms with Crippen LogP contribution >= 0.6 is 0 Å². The summed E-state index contributed by atoms with van der Waals surface area (Å²) >= 11 is 0. The maximum atomic E-state index is 11.5. The largest absolute Gasteiger partial charge is 0.467 e. The second-order valence-electron chi connectivity index (χ2n) is 8.21. The highest BCUT2D eigenvalue weighted by atomic mass is 16.5. The summed E-state index contributed by atoms with van der Waals surface area (Å²) in [5.41, 5.74) is -0.759. The Bertz CT molecular complexity index is 568. The number of nitrogens with zero attached hydrogens (tertiary/aromatic N) is 1. The molecule has 29 heavy (non-hydrogen) atoms. The maximum absolute atomic E-state index is 11.5. The molecule has 1 aliphatic rings. The molecule has 1 unspecified atom stereocenters. The van der Waals surface area contributed by atoms with E-state index < -0.39 is 11.6 Å². The number of aliphatic hydroxyl groups excluding tert-OH is 1. The lowest BCUT2D eigenvalue weighted by Crippen LogP contribution is -2.35. The van der Waals surface area contributed by atoms with Crippen molar-refractivity contribution in [3.8, 4) is 0 Å². The number of rotatable bonds is 13. The van der Waals surface area contributed by atoms with Gasteiger partial charge >= 0.3 is 5.97 Å². The topological polar surface area (TPSA) is 99.4 Å². The predicted molar refractivity (Wildman–Crippen MR) is 115 cm³/mol. The minimum atomic E-state index is -1.49. The van der Waals surface area contributed by atoms with Gasteiger partial charge in [0.1, 0.15) is 0 Å². The fraction of sp³-hybridized carbons (Fsp3) is 0.739. The third-order valence-corrected chi connectivity index (χ3v) is 5.83. The molecule has 0 bridgehead atoms. The van der Waals surface area contributed by atoms with Crippen LogP contribution in [0.1, 0.15) is 71.6 Å². The molecule has 0 aromatic carbocycles. The highest BCUT2D eigenvalue weighted by Crippen LogP contribution is 2.38. The summed E-state index contributed by atoms with van der Waals surface area (Å²) in [6.45, 7) is 3.73. The van der Waals surface area contributed by atoms with Gasteiger partial charge in [-0.05, 0) is 57.3 Å². The molecule has 1 rings (SSSR count). The van der Waals surface area contributed by atoms with Crippen LogP contribution in [0.4, 0.5) is 0 Å². The number of hydrogen-bond acceptors (Lipinski definition) is 6. The Morgan fingerprint density at radius 1 is 1.24 bits per heavy atom. The summed E-state index contributed by atoms with van der Waals surface area (Å²) < 4.78 is 4.60. The summed E-state index contributed by atoms with van der Waals surface area (Å²) in [6, 6.07) is 0. The summed E-state index contributed by atoms with van der Waals surface area (Å²) in [7, 11) is 1.26. The van der Waals surface area contributed by atoms with Crippen LogP contribution in [-0.4, -0.2) is 46.4 Å². The van der Waals surface area contributed by atoms with E-state index in [0.717, 1.165) is 12.1 Å². The van der Waals surface area contributed by atoms with Gasteiger partial charge in [-0.15, -0.1) is 0 Å². The third kappa shape index (κ3) is 8.31. The van der Waals surface area contributed by atoms with Crippen molar-refractivity contribution >= 4 is 11.7 Å². The Balaban J connectivity index is 2.63. The third-order valence-electron chi connectivity index (χ3n) is 5.83. The standard InChI is InChI=1S/C23H39NO5/c1-4-5-6-7-8-10-13-19-18(17-25)16-21(24-28)20(19)14-11-9-12-15-23(2,27)22(26)29-3/h9-11,13,18-20,25,27-28H,4-8,12,14-17H2,1-3H3/b11-9-,13-10+,24-21?/t18-,19-,20+,23?/m0/s1. The van der Waals surface area contributed by atoms with E-state index >= 15 is 0 Å². The highest BCUT2D eigenvalue weighted by molar-refractivity contribution is 5.89. The van der Waals surface area contributed by atoms with Gasteiger partial charge < -0.3 is 20.2 Å². The van der Waals surface area contributed by atoms with Gasteiger partial charge in [0, 0.05) is 12.5 Å². The maximum Gasteiger partial charge on any atom is 0.337 e. The first-order valence-corrected chi connectivity index (χ1v) is 10.8. The van der Waals surface area contributed by atoms with Gasteiger partial charge in [-0.3, -0.25) is 0 Å². The van der Waals surface area contributed by atoms with Gasteiger partial charge in [-0.2, -0.15) is 0 Å². The second-order valence-corrected chi connectivity index (χ2v) is 8.21. The molecule has 1 fully saturated rings. The first-order chi connectivity index (χ1) is 13.9. The van der Waals surface area contributed by atoms with Crippen LogP contribution in [0.15, 0.2) is 29.5 Å². The number of aliphatic hydroxyl groups is 2. The molecule has 0 heterocycles. The van der Waals surface area contributed by atoms with E-state index in [2.05, 4.69) is 29.0 Å². The van der Waals surface area contributed by atoms with Gasteiger partial charge in [0.15, 0.2) is 5.60 Å². The van der Waals surface area contributed by atoms with Crippen LogP contribution in [-0.2, 0) is 9.53 Å².